The third-order valence-electron chi connectivity index (χ3n) is 6.02. The summed E-state index contributed by atoms with van der Waals surface area (Å²) in [6.45, 7) is 6.61. The van der Waals surface area contributed by atoms with E-state index in [1.54, 1.807) is 9.13 Å². The molecule has 0 unspecified atom stereocenters. The molecule has 3 heterocycles. The molecule has 0 amide bonds. The number of anilines is 1. The highest BCUT2D eigenvalue weighted by molar-refractivity contribution is 9.10. The van der Waals surface area contributed by atoms with Crippen LogP contribution in [0.4, 0.5) is 5.69 Å². The molecule has 2 aromatic rings. The van der Waals surface area contributed by atoms with Gasteiger partial charge in [-0.15, -0.1) is 0 Å². The van der Waals surface area contributed by atoms with E-state index in [2.05, 4.69) is 50.0 Å². The summed E-state index contributed by atoms with van der Waals surface area (Å²) in [6.07, 6.45) is 4.86. The molecule has 1 aromatic carbocycles. The molecule has 4 rings (SSSR count). The van der Waals surface area contributed by atoms with E-state index in [0.717, 1.165) is 81.5 Å². The van der Waals surface area contributed by atoms with E-state index in [1.165, 1.54) is 5.69 Å². The zero-order chi connectivity index (χ0) is 19.5. The number of para-hydroxylation sites is 1. The molecule has 6 nitrogen and oxygen atoms in total. The quantitative estimate of drug-likeness (QED) is 0.689. The van der Waals surface area contributed by atoms with Crippen molar-refractivity contribution in [2.45, 2.75) is 45.2 Å². The Morgan fingerprint density at radius 1 is 0.964 bits per heavy atom. The van der Waals surface area contributed by atoms with E-state index >= 15 is 0 Å². The van der Waals surface area contributed by atoms with Crippen LogP contribution in [-0.2, 0) is 19.5 Å². The molecule has 0 atom stereocenters. The third-order valence-corrected chi connectivity index (χ3v) is 6.69. The number of piperazine rings is 1. The number of fused-ring (bicyclic) bond motifs is 1. The molecule has 1 aromatic heterocycles. The molecule has 152 valence electrons. The lowest BCUT2D eigenvalue weighted by Gasteiger charge is -2.36. The molecule has 7 heteroatoms. The summed E-state index contributed by atoms with van der Waals surface area (Å²) in [4.78, 5) is 17.4. The maximum absolute atomic E-state index is 12.5. The minimum absolute atomic E-state index is 0.0331. The first-order valence-corrected chi connectivity index (χ1v) is 11.2. The molecule has 28 heavy (non-hydrogen) atoms. The van der Waals surface area contributed by atoms with Gasteiger partial charge in [0.15, 0.2) is 0 Å². The zero-order valence-corrected chi connectivity index (χ0v) is 17.9. The number of hydrogen-bond acceptors (Lipinski definition) is 4. The van der Waals surface area contributed by atoms with Crippen molar-refractivity contribution < 1.29 is 5.11 Å². The number of nitrogens with zero attached hydrogens (tertiary/aromatic N) is 4. The van der Waals surface area contributed by atoms with Gasteiger partial charge in [-0.3, -0.25) is 14.0 Å². The van der Waals surface area contributed by atoms with Crippen molar-refractivity contribution in [3.05, 3.63) is 44.9 Å². The van der Waals surface area contributed by atoms with Crippen LogP contribution in [0.1, 0.15) is 31.4 Å². The zero-order valence-electron chi connectivity index (χ0n) is 16.3. The van der Waals surface area contributed by atoms with Gasteiger partial charge in [-0.25, -0.2) is 4.79 Å². The van der Waals surface area contributed by atoms with Gasteiger partial charge >= 0.3 is 5.69 Å². The Morgan fingerprint density at radius 3 is 2.46 bits per heavy atom. The van der Waals surface area contributed by atoms with Gasteiger partial charge < -0.3 is 10.0 Å². The largest absolute Gasteiger partial charge is 0.493 e. The number of aromatic nitrogens is 2. The first-order valence-electron chi connectivity index (χ1n) is 10.4. The summed E-state index contributed by atoms with van der Waals surface area (Å²) in [5.74, 6) is 0.201. The van der Waals surface area contributed by atoms with Crippen molar-refractivity contribution in [1.82, 2.24) is 14.0 Å². The fourth-order valence-corrected chi connectivity index (χ4v) is 4.93. The van der Waals surface area contributed by atoms with E-state index in [4.69, 9.17) is 0 Å². The van der Waals surface area contributed by atoms with Gasteiger partial charge in [0.2, 0.25) is 5.88 Å². The van der Waals surface area contributed by atoms with E-state index in [0.29, 0.717) is 6.54 Å². The number of halogens is 1. The van der Waals surface area contributed by atoms with Crippen LogP contribution in [0.3, 0.4) is 0 Å². The molecule has 1 saturated heterocycles. The van der Waals surface area contributed by atoms with Gasteiger partial charge in [0.1, 0.15) is 0 Å². The number of aromatic hydroxyl groups is 1. The van der Waals surface area contributed by atoms with Crippen LogP contribution in [0, 0.1) is 0 Å². The topological polar surface area (TPSA) is 53.6 Å². The molecular formula is C21H29BrN4O2. The monoisotopic (exact) mass is 448 g/mol. The highest BCUT2D eigenvalue weighted by Gasteiger charge is 2.22. The molecular weight excluding hydrogens is 420 g/mol. The Morgan fingerprint density at radius 2 is 1.71 bits per heavy atom. The second-order valence-corrected chi connectivity index (χ2v) is 8.65. The molecule has 1 N–H and O–H groups in total. The minimum atomic E-state index is -0.0331. The fourth-order valence-electron chi connectivity index (χ4n) is 4.40. The lowest BCUT2D eigenvalue weighted by atomic mass is 10.1. The van der Waals surface area contributed by atoms with Crippen molar-refractivity contribution in [3.8, 4) is 5.88 Å². The first-order chi connectivity index (χ1) is 13.6. The predicted octanol–water partition coefficient (Wildman–Crippen LogP) is 3.06. The fraction of sp³-hybridized carbons (Fsp3) is 0.571. The predicted molar refractivity (Wildman–Crippen MR) is 115 cm³/mol. The normalized spacial score (nSPS) is 17.7. The van der Waals surface area contributed by atoms with Crippen molar-refractivity contribution in [2.24, 2.45) is 0 Å². The smallest absolute Gasteiger partial charge is 0.331 e. The molecule has 0 radical (unpaired) electrons. The molecule has 2 aliphatic heterocycles. The number of benzene rings is 1. The highest BCUT2D eigenvalue weighted by atomic mass is 79.9. The molecule has 0 saturated carbocycles. The van der Waals surface area contributed by atoms with Crippen molar-refractivity contribution in [2.75, 3.05) is 37.6 Å². The number of rotatable bonds is 6. The Bertz CT molecular complexity index is 868. The van der Waals surface area contributed by atoms with Crippen molar-refractivity contribution in [3.63, 3.8) is 0 Å². The Balaban J connectivity index is 1.23. The minimum Gasteiger partial charge on any atom is -0.493 e. The van der Waals surface area contributed by atoms with Crippen molar-refractivity contribution >= 4 is 21.6 Å². The van der Waals surface area contributed by atoms with Gasteiger partial charge in [-0.1, -0.05) is 12.1 Å². The SMILES string of the molecule is O=c1n(CCCCN2CCN(c3ccccc3Br)CC2)c(O)c2n1CCCC2. The second kappa shape index (κ2) is 8.74. The van der Waals surface area contributed by atoms with Gasteiger partial charge in [0, 0.05) is 43.7 Å². The summed E-state index contributed by atoms with van der Waals surface area (Å²) in [5.41, 5.74) is 2.07. The Hall–Kier alpha value is -1.73. The van der Waals surface area contributed by atoms with Gasteiger partial charge in [0.25, 0.3) is 0 Å². The van der Waals surface area contributed by atoms with Crippen LogP contribution in [0.15, 0.2) is 33.5 Å². The highest BCUT2D eigenvalue weighted by Crippen LogP contribution is 2.26. The van der Waals surface area contributed by atoms with E-state index in [1.807, 2.05) is 0 Å². The molecule has 0 spiro atoms. The Labute approximate surface area is 174 Å². The lowest BCUT2D eigenvalue weighted by molar-refractivity contribution is 0.250. The number of imidazole rings is 1. The standard InChI is InChI=1S/C21H29BrN4O2/c22-17-7-1-2-8-18(17)24-15-13-23(14-16-24)10-5-6-12-26-20(27)19-9-3-4-11-25(19)21(26)28/h1-2,7-8,27H,3-6,9-16H2. The maximum atomic E-state index is 12.5. The first kappa shape index (κ1) is 19.6. The maximum Gasteiger partial charge on any atom is 0.331 e. The van der Waals surface area contributed by atoms with Gasteiger partial charge in [-0.2, -0.15) is 0 Å². The molecule has 1 fully saturated rings. The van der Waals surface area contributed by atoms with Crippen molar-refractivity contribution in [1.29, 1.82) is 0 Å². The summed E-state index contributed by atoms with van der Waals surface area (Å²) < 4.78 is 4.50. The number of unbranched alkanes of at least 4 members (excludes halogenated alkanes) is 1. The van der Waals surface area contributed by atoms with Crippen LogP contribution in [0.2, 0.25) is 0 Å². The molecule has 0 aliphatic carbocycles. The Kier molecular flexibility index (Phi) is 6.11. The third kappa shape index (κ3) is 4.01. The summed E-state index contributed by atoms with van der Waals surface area (Å²) in [5, 5.41) is 10.4. The second-order valence-electron chi connectivity index (χ2n) is 7.80. The van der Waals surface area contributed by atoms with Crippen LogP contribution < -0.4 is 10.6 Å². The van der Waals surface area contributed by atoms with E-state index in [9.17, 15) is 9.90 Å². The number of hydrogen-bond donors (Lipinski definition) is 1. The van der Waals surface area contributed by atoms with Crippen LogP contribution in [0.25, 0.3) is 0 Å². The molecule has 2 aliphatic rings. The van der Waals surface area contributed by atoms with Crippen LogP contribution in [0.5, 0.6) is 5.88 Å². The van der Waals surface area contributed by atoms with Crippen LogP contribution >= 0.6 is 15.9 Å². The summed E-state index contributed by atoms with van der Waals surface area (Å²) in [6, 6.07) is 8.40. The average molecular weight is 449 g/mol. The lowest BCUT2D eigenvalue weighted by Crippen LogP contribution is -2.46. The summed E-state index contributed by atoms with van der Waals surface area (Å²) in [7, 11) is 0. The van der Waals surface area contributed by atoms with Gasteiger partial charge in [-0.05, 0) is 66.7 Å². The van der Waals surface area contributed by atoms with E-state index < -0.39 is 0 Å². The molecule has 0 bridgehead atoms. The van der Waals surface area contributed by atoms with Crippen LogP contribution in [-0.4, -0.2) is 51.9 Å². The average Bonchev–Trinajstić information content (AvgIpc) is 2.97. The summed E-state index contributed by atoms with van der Waals surface area (Å²) >= 11 is 3.65. The van der Waals surface area contributed by atoms with Gasteiger partial charge in [0.05, 0.1) is 11.4 Å². The van der Waals surface area contributed by atoms with E-state index in [-0.39, 0.29) is 11.6 Å².